The van der Waals surface area contributed by atoms with Crippen LogP contribution in [0.3, 0.4) is 0 Å². The molecule has 0 bridgehead atoms. The van der Waals surface area contributed by atoms with E-state index in [-0.39, 0.29) is 30.9 Å². The second-order valence-corrected chi connectivity index (χ2v) is 5.67. The predicted octanol–water partition coefficient (Wildman–Crippen LogP) is 1.54. The average Bonchev–Trinajstić information content (AvgIpc) is 2.93. The maximum absolute atomic E-state index is 12.5. The molecule has 2 N–H and O–H groups in total. The zero-order valence-electron chi connectivity index (χ0n) is 13.3. The van der Waals surface area contributed by atoms with Crippen LogP contribution in [0.4, 0.5) is 10.5 Å². The molecule has 0 aliphatic carbocycles. The topological polar surface area (TPSA) is 90.0 Å². The number of carboxylic acids is 1. The summed E-state index contributed by atoms with van der Waals surface area (Å²) in [6.07, 6.45) is -0.0873. The third-order valence-corrected chi connectivity index (χ3v) is 3.73. The van der Waals surface area contributed by atoms with E-state index in [4.69, 9.17) is 5.11 Å². The number of carbonyl (C=O) groups is 3. The Balaban J connectivity index is 2.11. The van der Waals surface area contributed by atoms with E-state index in [9.17, 15) is 14.4 Å². The lowest BCUT2D eigenvalue weighted by molar-refractivity contribution is -0.137. The second kappa shape index (κ2) is 7.13. The first-order valence-corrected chi connectivity index (χ1v) is 7.58. The Morgan fingerprint density at radius 2 is 1.96 bits per heavy atom. The van der Waals surface area contributed by atoms with Crippen LogP contribution in [0.15, 0.2) is 24.3 Å². The van der Waals surface area contributed by atoms with Gasteiger partial charge in [0, 0.05) is 36.9 Å². The first-order chi connectivity index (χ1) is 10.9. The molecule has 23 heavy (non-hydrogen) atoms. The molecule has 7 heteroatoms. The molecule has 1 saturated heterocycles. The predicted molar refractivity (Wildman–Crippen MR) is 85.6 cm³/mol. The van der Waals surface area contributed by atoms with Gasteiger partial charge in [-0.25, -0.2) is 4.79 Å². The summed E-state index contributed by atoms with van der Waals surface area (Å²) in [5.41, 5.74) is 1.21. The minimum atomic E-state index is -0.932. The maximum Gasteiger partial charge on any atom is 0.321 e. The average molecular weight is 319 g/mol. The molecular weight excluding hydrogens is 298 g/mol. The minimum absolute atomic E-state index is 0.0873. The van der Waals surface area contributed by atoms with E-state index in [1.165, 1.54) is 4.90 Å². The van der Waals surface area contributed by atoms with E-state index in [2.05, 4.69) is 5.32 Å². The smallest absolute Gasteiger partial charge is 0.321 e. The van der Waals surface area contributed by atoms with Crippen molar-refractivity contribution in [2.75, 3.05) is 24.5 Å². The van der Waals surface area contributed by atoms with Crippen LogP contribution in [0.5, 0.6) is 0 Å². The van der Waals surface area contributed by atoms with Gasteiger partial charge in [-0.2, -0.15) is 0 Å². The van der Waals surface area contributed by atoms with E-state index < -0.39 is 5.97 Å². The highest BCUT2D eigenvalue weighted by atomic mass is 16.4. The SMILES string of the molecule is CC(C)N(CCC(=O)O)C(=O)c1ccc(N2CCNC2=O)cc1. The van der Waals surface area contributed by atoms with Gasteiger partial charge in [0.2, 0.25) is 0 Å². The lowest BCUT2D eigenvalue weighted by Gasteiger charge is -2.26. The van der Waals surface area contributed by atoms with Crippen LogP contribution in [0.1, 0.15) is 30.6 Å². The molecule has 0 aromatic heterocycles. The number of hydrogen-bond donors (Lipinski definition) is 2. The molecule has 0 atom stereocenters. The van der Waals surface area contributed by atoms with E-state index in [1.807, 2.05) is 13.8 Å². The molecule has 0 spiro atoms. The highest BCUT2D eigenvalue weighted by Gasteiger charge is 2.23. The van der Waals surface area contributed by atoms with Gasteiger partial charge in [-0.15, -0.1) is 0 Å². The Morgan fingerprint density at radius 1 is 1.30 bits per heavy atom. The monoisotopic (exact) mass is 319 g/mol. The van der Waals surface area contributed by atoms with Gasteiger partial charge in [0.1, 0.15) is 0 Å². The molecule has 2 rings (SSSR count). The van der Waals surface area contributed by atoms with Crippen LogP contribution >= 0.6 is 0 Å². The van der Waals surface area contributed by atoms with Gasteiger partial charge in [-0.1, -0.05) is 0 Å². The van der Waals surface area contributed by atoms with Crippen molar-refractivity contribution in [2.45, 2.75) is 26.3 Å². The Bertz CT molecular complexity index is 598. The van der Waals surface area contributed by atoms with Crippen molar-refractivity contribution >= 4 is 23.6 Å². The zero-order chi connectivity index (χ0) is 17.0. The van der Waals surface area contributed by atoms with Crippen molar-refractivity contribution in [3.05, 3.63) is 29.8 Å². The maximum atomic E-state index is 12.5. The fraction of sp³-hybridized carbons (Fsp3) is 0.438. The summed E-state index contributed by atoms with van der Waals surface area (Å²) in [4.78, 5) is 38.0. The van der Waals surface area contributed by atoms with E-state index in [0.29, 0.717) is 18.7 Å². The molecule has 1 aliphatic heterocycles. The quantitative estimate of drug-likeness (QED) is 0.832. The third-order valence-electron chi connectivity index (χ3n) is 3.73. The number of carbonyl (C=O) groups excluding carboxylic acids is 2. The molecule has 1 aromatic rings. The molecule has 124 valence electrons. The molecule has 0 unspecified atom stereocenters. The first-order valence-electron chi connectivity index (χ1n) is 7.58. The van der Waals surface area contributed by atoms with Crippen LogP contribution in [0, 0.1) is 0 Å². The normalized spacial score (nSPS) is 14.0. The second-order valence-electron chi connectivity index (χ2n) is 5.67. The third kappa shape index (κ3) is 4.00. The van der Waals surface area contributed by atoms with Crippen molar-refractivity contribution in [3.63, 3.8) is 0 Å². The van der Waals surface area contributed by atoms with Crippen LogP contribution in [0.2, 0.25) is 0 Å². The number of carboxylic acid groups (broad SMARTS) is 1. The lowest BCUT2D eigenvalue weighted by Crippen LogP contribution is -2.38. The van der Waals surface area contributed by atoms with E-state index >= 15 is 0 Å². The summed E-state index contributed by atoms with van der Waals surface area (Å²) in [5.74, 6) is -1.14. The highest BCUT2D eigenvalue weighted by molar-refractivity contribution is 5.97. The number of aliphatic carboxylic acids is 1. The largest absolute Gasteiger partial charge is 0.481 e. The number of anilines is 1. The molecule has 1 fully saturated rings. The van der Waals surface area contributed by atoms with Gasteiger partial charge in [-0.3, -0.25) is 14.5 Å². The van der Waals surface area contributed by atoms with Gasteiger partial charge in [0.15, 0.2) is 0 Å². The fourth-order valence-electron chi connectivity index (χ4n) is 2.48. The molecule has 3 amide bonds. The van der Waals surface area contributed by atoms with Crippen LogP contribution < -0.4 is 10.2 Å². The summed E-state index contributed by atoms with van der Waals surface area (Å²) in [6, 6.07) is 6.56. The van der Waals surface area contributed by atoms with Crippen molar-refractivity contribution < 1.29 is 19.5 Å². The van der Waals surface area contributed by atoms with E-state index in [0.717, 1.165) is 5.69 Å². The van der Waals surface area contributed by atoms with Crippen LogP contribution in [-0.2, 0) is 4.79 Å². The fourth-order valence-corrected chi connectivity index (χ4v) is 2.48. The lowest BCUT2D eigenvalue weighted by atomic mass is 10.1. The van der Waals surface area contributed by atoms with Crippen molar-refractivity contribution in [3.8, 4) is 0 Å². The Kier molecular flexibility index (Phi) is 5.20. The standard InChI is InChI=1S/C16H21N3O4/c1-11(2)18(9-7-14(20)21)15(22)12-3-5-13(6-4-12)19-10-8-17-16(19)23/h3-6,11H,7-10H2,1-2H3,(H,17,23)(H,20,21). The summed E-state index contributed by atoms with van der Waals surface area (Å²) in [5, 5.41) is 11.5. The Hall–Kier alpha value is -2.57. The van der Waals surface area contributed by atoms with Gasteiger partial charge in [0.25, 0.3) is 5.91 Å². The summed E-state index contributed by atoms with van der Waals surface area (Å²) in [6.45, 7) is 5.08. The Morgan fingerprint density at radius 3 is 2.43 bits per heavy atom. The molecule has 0 saturated carbocycles. The Labute approximate surface area is 134 Å². The number of rotatable bonds is 6. The molecule has 0 radical (unpaired) electrons. The molecule has 1 heterocycles. The van der Waals surface area contributed by atoms with Gasteiger partial charge < -0.3 is 15.3 Å². The van der Waals surface area contributed by atoms with Crippen LogP contribution in [-0.4, -0.2) is 53.6 Å². The van der Waals surface area contributed by atoms with Crippen molar-refractivity contribution in [2.24, 2.45) is 0 Å². The number of amides is 3. The van der Waals surface area contributed by atoms with Gasteiger partial charge in [-0.05, 0) is 38.1 Å². The number of benzene rings is 1. The number of nitrogens with one attached hydrogen (secondary N) is 1. The number of urea groups is 1. The van der Waals surface area contributed by atoms with Crippen molar-refractivity contribution in [1.82, 2.24) is 10.2 Å². The first kappa shape index (κ1) is 16.8. The van der Waals surface area contributed by atoms with Gasteiger partial charge >= 0.3 is 12.0 Å². The molecule has 7 nitrogen and oxygen atoms in total. The van der Waals surface area contributed by atoms with Crippen molar-refractivity contribution in [1.29, 1.82) is 0 Å². The summed E-state index contributed by atoms with van der Waals surface area (Å²) in [7, 11) is 0. The highest BCUT2D eigenvalue weighted by Crippen LogP contribution is 2.18. The molecule has 1 aliphatic rings. The van der Waals surface area contributed by atoms with Gasteiger partial charge in [0.05, 0.1) is 6.42 Å². The number of hydrogen-bond acceptors (Lipinski definition) is 3. The molecular formula is C16H21N3O4. The number of nitrogens with zero attached hydrogens (tertiary/aromatic N) is 2. The summed E-state index contributed by atoms with van der Waals surface area (Å²) < 4.78 is 0. The zero-order valence-corrected chi connectivity index (χ0v) is 13.3. The molecule has 1 aromatic carbocycles. The minimum Gasteiger partial charge on any atom is -0.481 e. The van der Waals surface area contributed by atoms with E-state index in [1.54, 1.807) is 29.2 Å². The summed E-state index contributed by atoms with van der Waals surface area (Å²) >= 11 is 0. The van der Waals surface area contributed by atoms with Crippen LogP contribution in [0.25, 0.3) is 0 Å².